The average Bonchev–Trinajstić information content (AvgIpc) is 3.45. The van der Waals surface area contributed by atoms with Crippen molar-refractivity contribution in [3.8, 4) is 5.88 Å². The Morgan fingerprint density at radius 2 is 1.59 bits per heavy atom. The largest absolute Gasteiger partial charge is 0.476 e. The molecule has 1 atom stereocenters. The molecular formula is C29H33FN4O3. The molecule has 2 amide bonds. The summed E-state index contributed by atoms with van der Waals surface area (Å²) < 4.78 is 19.2. The third-order valence-corrected chi connectivity index (χ3v) is 6.65. The summed E-state index contributed by atoms with van der Waals surface area (Å²) in [5.41, 5.74) is 2.93. The molecule has 1 unspecified atom stereocenters. The highest BCUT2D eigenvalue weighted by atomic mass is 19.1. The van der Waals surface area contributed by atoms with Gasteiger partial charge < -0.3 is 15.4 Å². The fourth-order valence-electron chi connectivity index (χ4n) is 4.55. The van der Waals surface area contributed by atoms with Gasteiger partial charge in [-0.3, -0.25) is 14.5 Å². The Labute approximate surface area is 217 Å². The summed E-state index contributed by atoms with van der Waals surface area (Å²) in [7, 11) is 1.59. The van der Waals surface area contributed by atoms with E-state index < -0.39 is 0 Å². The number of carbonyl (C=O) groups excluding carboxylic acids is 2. The molecule has 2 heterocycles. The quantitative estimate of drug-likeness (QED) is 0.412. The van der Waals surface area contributed by atoms with E-state index >= 15 is 0 Å². The van der Waals surface area contributed by atoms with Gasteiger partial charge in [0.1, 0.15) is 12.4 Å². The predicted octanol–water partition coefficient (Wildman–Crippen LogP) is 4.01. The summed E-state index contributed by atoms with van der Waals surface area (Å²) in [6, 6.07) is 17.1. The van der Waals surface area contributed by atoms with Crippen LogP contribution < -0.4 is 15.4 Å². The Morgan fingerprint density at radius 1 is 0.946 bits per heavy atom. The zero-order chi connectivity index (χ0) is 26.0. The lowest BCUT2D eigenvalue weighted by atomic mass is 9.88. The van der Waals surface area contributed by atoms with Gasteiger partial charge in [-0.05, 0) is 73.8 Å². The lowest BCUT2D eigenvalue weighted by Crippen LogP contribution is -2.26. The number of nitrogens with zero attached hydrogens (tertiary/aromatic N) is 2. The zero-order valence-corrected chi connectivity index (χ0v) is 21.1. The van der Waals surface area contributed by atoms with Crippen molar-refractivity contribution in [2.24, 2.45) is 0 Å². The van der Waals surface area contributed by atoms with Gasteiger partial charge in [-0.2, -0.15) is 0 Å². The Balaban J connectivity index is 1.33. The molecule has 1 aromatic heterocycles. The van der Waals surface area contributed by atoms with Gasteiger partial charge in [-0.25, -0.2) is 9.37 Å². The predicted molar refractivity (Wildman–Crippen MR) is 140 cm³/mol. The van der Waals surface area contributed by atoms with Crippen LogP contribution in [0, 0.1) is 5.82 Å². The van der Waals surface area contributed by atoms with Crippen molar-refractivity contribution < 1.29 is 18.7 Å². The van der Waals surface area contributed by atoms with Crippen LogP contribution >= 0.6 is 0 Å². The highest BCUT2D eigenvalue weighted by Crippen LogP contribution is 2.28. The minimum absolute atomic E-state index is 0.0795. The van der Waals surface area contributed by atoms with Crippen molar-refractivity contribution >= 4 is 11.8 Å². The van der Waals surface area contributed by atoms with Gasteiger partial charge in [0.2, 0.25) is 5.88 Å². The van der Waals surface area contributed by atoms with Crippen LogP contribution in [0.4, 0.5) is 4.39 Å². The fourth-order valence-corrected chi connectivity index (χ4v) is 4.55. The highest BCUT2D eigenvalue weighted by Gasteiger charge is 2.17. The minimum Gasteiger partial charge on any atom is -0.476 e. The number of ether oxygens (including phenoxy) is 1. The highest BCUT2D eigenvalue weighted by molar-refractivity contribution is 5.94. The summed E-state index contributed by atoms with van der Waals surface area (Å²) in [5.74, 6) is -0.254. The Bertz CT molecular complexity index is 1160. The third-order valence-electron chi connectivity index (χ3n) is 6.65. The van der Waals surface area contributed by atoms with Gasteiger partial charge >= 0.3 is 0 Å². The van der Waals surface area contributed by atoms with Crippen LogP contribution in [0.3, 0.4) is 0 Å². The Kier molecular flexibility index (Phi) is 9.21. The second-order valence-corrected chi connectivity index (χ2v) is 9.13. The van der Waals surface area contributed by atoms with Gasteiger partial charge in [0.15, 0.2) is 0 Å². The molecule has 8 heteroatoms. The number of aromatic nitrogens is 1. The molecule has 0 saturated carbocycles. The van der Waals surface area contributed by atoms with Crippen molar-refractivity contribution in [2.45, 2.75) is 25.2 Å². The van der Waals surface area contributed by atoms with Gasteiger partial charge in [-0.15, -0.1) is 0 Å². The van der Waals surface area contributed by atoms with Gasteiger partial charge in [0.05, 0.1) is 5.56 Å². The normalized spacial score (nSPS) is 14.2. The van der Waals surface area contributed by atoms with Gasteiger partial charge in [0, 0.05) is 43.9 Å². The van der Waals surface area contributed by atoms with Crippen molar-refractivity contribution in [3.63, 3.8) is 0 Å². The Morgan fingerprint density at radius 3 is 2.22 bits per heavy atom. The molecule has 2 aromatic carbocycles. The standard InChI is InChI=1S/C29H33FN4O3/c1-31-28(35)23-6-4-21(5-7-23)26(22-8-11-25(30)12-9-22)14-15-32-29(36)24-10-13-27(33-20-24)37-19-18-34-16-2-3-17-34/h4-13,20,26H,2-3,14-19H2,1H3,(H,31,35)(H,32,36). The van der Waals surface area contributed by atoms with Crippen LogP contribution in [0.2, 0.25) is 0 Å². The molecule has 7 nitrogen and oxygen atoms in total. The van der Waals surface area contributed by atoms with Crippen LogP contribution in [0.15, 0.2) is 66.9 Å². The molecule has 4 rings (SSSR count). The summed E-state index contributed by atoms with van der Waals surface area (Å²) in [5, 5.41) is 5.57. The third kappa shape index (κ3) is 7.36. The molecule has 0 bridgehead atoms. The van der Waals surface area contributed by atoms with E-state index in [4.69, 9.17) is 4.74 Å². The van der Waals surface area contributed by atoms with E-state index in [1.807, 2.05) is 12.1 Å². The zero-order valence-electron chi connectivity index (χ0n) is 21.1. The first-order valence-corrected chi connectivity index (χ1v) is 12.7. The van der Waals surface area contributed by atoms with Crippen LogP contribution in [0.5, 0.6) is 5.88 Å². The first-order valence-electron chi connectivity index (χ1n) is 12.7. The molecule has 0 aliphatic carbocycles. The van der Waals surface area contributed by atoms with Crippen LogP contribution in [-0.4, -0.2) is 61.5 Å². The Hall–Kier alpha value is -3.78. The summed E-state index contributed by atoms with van der Waals surface area (Å²) in [4.78, 5) is 31.2. The van der Waals surface area contributed by atoms with E-state index in [9.17, 15) is 14.0 Å². The van der Waals surface area contributed by atoms with E-state index in [1.165, 1.54) is 31.2 Å². The molecule has 1 aliphatic rings. The second kappa shape index (κ2) is 13.0. The summed E-state index contributed by atoms with van der Waals surface area (Å²) in [6.45, 7) is 4.12. The minimum atomic E-state index is -0.304. The maximum absolute atomic E-state index is 13.5. The monoisotopic (exact) mass is 504 g/mol. The molecule has 194 valence electrons. The fraction of sp³-hybridized carbons (Fsp3) is 0.345. The molecule has 37 heavy (non-hydrogen) atoms. The summed E-state index contributed by atoms with van der Waals surface area (Å²) in [6.07, 6.45) is 4.62. The number of amides is 2. The topological polar surface area (TPSA) is 83.6 Å². The number of likely N-dealkylation sites (tertiary alicyclic amines) is 1. The van der Waals surface area contributed by atoms with E-state index in [0.717, 1.165) is 30.8 Å². The molecule has 2 N–H and O–H groups in total. The second-order valence-electron chi connectivity index (χ2n) is 9.13. The number of carbonyl (C=O) groups is 2. The van der Waals surface area contributed by atoms with Crippen molar-refractivity contribution in [1.29, 1.82) is 0 Å². The maximum atomic E-state index is 13.5. The lowest BCUT2D eigenvalue weighted by Gasteiger charge is -2.19. The molecule has 1 saturated heterocycles. The van der Waals surface area contributed by atoms with E-state index in [1.54, 1.807) is 43.4 Å². The van der Waals surface area contributed by atoms with E-state index in [2.05, 4.69) is 20.5 Å². The number of rotatable bonds is 11. The van der Waals surface area contributed by atoms with Crippen molar-refractivity contribution in [2.75, 3.05) is 39.8 Å². The molecule has 1 fully saturated rings. The number of benzene rings is 2. The number of hydrogen-bond acceptors (Lipinski definition) is 5. The van der Waals surface area contributed by atoms with Crippen LogP contribution in [0.25, 0.3) is 0 Å². The average molecular weight is 505 g/mol. The van der Waals surface area contributed by atoms with E-state index in [-0.39, 0.29) is 23.5 Å². The van der Waals surface area contributed by atoms with Crippen molar-refractivity contribution in [1.82, 2.24) is 20.5 Å². The van der Waals surface area contributed by atoms with Crippen LogP contribution in [-0.2, 0) is 0 Å². The molecular weight excluding hydrogens is 471 g/mol. The van der Waals surface area contributed by atoms with Crippen molar-refractivity contribution in [3.05, 3.63) is 94.9 Å². The first-order chi connectivity index (χ1) is 18.0. The molecule has 3 aromatic rings. The molecule has 1 aliphatic heterocycles. The van der Waals surface area contributed by atoms with Gasteiger partial charge in [-0.1, -0.05) is 24.3 Å². The lowest BCUT2D eigenvalue weighted by molar-refractivity contribution is 0.0947. The maximum Gasteiger partial charge on any atom is 0.252 e. The first kappa shape index (κ1) is 26.3. The summed E-state index contributed by atoms with van der Waals surface area (Å²) >= 11 is 0. The molecule has 0 radical (unpaired) electrons. The number of pyridine rings is 1. The number of halogens is 1. The van der Waals surface area contributed by atoms with E-state index in [0.29, 0.717) is 36.6 Å². The molecule has 0 spiro atoms. The SMILES string of the molecule is CNC(=O)c1ccc(C(CCNC(=O)c2ccc(OCCN3CCCC3)nc2)c2ccc(F)cc2)cc1. The number of nitrogens with one attached hydrogen (secondary N) is 2. The smallest absolute Gasteiger partial charge is 0.252 e. The van der Waals surface area contributed by atoms with Crippen LogP contribution in [0.1, 0.15) is 57.0 Å². The van der Waals surface area contributed by atoms with Gasteiger partial charge in [0.25, 0.3) is 11.8 Å². The number of hydrogen-bond donors (Lipinski definition) is 2.